The lowest BCUT2D eigenvalue weighted by Crippen LogP contribution is -2.51. The molecule has 0 amide bonds. The number of aromatic nitrogens is 1. The molecule has 0 saturated carbocycles. The zero-order valence-electron chi connectivity index (χ0n) is 25.0. The number of halogens is 2. The number of nitrogens with one attached hydrogen (secondary N) is 1. The third-order valence-electron chi connectivity index (χ3n) is 8.60. The van der Waals surface area contributed by atoms with Crippen LogP contribution in [0.2, 0.25) is 5.02 Å². The second-order valence-electron chi connectivity index (χ2n) is 11.6. The van der Waals surface area contributed by atoms with E-state index in [-0.39, 0.29) is 17.8 Å². The van der Waals surface area contributed by atoms with Gasteiger partial charge in [0.2, 0.25) is 10.0 Å². The highest BCUT2D eigenvalue weighted by Crippen LogP contribution is 2.36. The number of benzene rings is 3. The summed E-state index contributed by atoms with van der Waals surface area (Å²) in [6, 6.07) is 21.3. The Hall–Kier alpha value is -3.41. The van der Waals surface area contributed by atoms with Gasteiger partial charge < -0.3 is 4.90 Å². The number of nitrogens with zero attached hydrogens (tertiary/aromatic N) is 5. The van der Waals surface area contributed by atoms with E-state index in [1.165, 1.54) is 12.1 Å². The molecule has 8 nitrogen and oxygen atoms in total. The summed E-state index contributed by atoms with van der Waals surface area (Å²) in [5.74, 6) is -0.423. The van der Waals surface area contributed by atoms with Crippen LogP contribution in [0, 0.1) is 11.7 Å². The lowest BCUT2D eigenvalue weighted by Gasteiger charge is -2.39. The Morgan fingerprint density at radius 1 is 0.977 bits per heavy atom. The Morgan fingerprint density at radius 3 is 2.43 bits per heavy atom. The minimum Gasteiger partial charge on any atom is -0.377 e. The molecule has 230 valence electrons. The number of hydrogen-bond donors (Lipinski definition) is 1. The number of fused-ring (bicyclic) bond motifs is 1. The molecule has 1 saturated heterocycles. The maximum Gasteiger partial charge on any atom is 0.243 e. The van der Waals surface area contributed by atoms with E-state index < -0.39 is 16.2 Å². The van der Waals surface area contributed by atoms with Gasteiger partial charge in [-0.1, -0.05) is 54.9 Å². The van der Waals surface area contributed by atoms with E-state index in [2.05, 4.69) is 22.1 Å². The molecule has 1 N–H and O–H groups in total. The van der Waals surface area contributed by atoms with Gasteiger partial charge in [-0.05, 0) is 42.0 Å². The smallest absolute Gasteiger partial charge is 0.243 e. The molecule has 4 aromatic rings. The average molecular weight is 635 g/mol. The molecule has 44 heavy (non-hydrogen) atoms. The van der Waals surface area contributed by atoms with Crippen LogP contribution in [0.4, 0.5) is 10.1 Å². The molecule has 0 radical (unpaired) electrons. The van der Waals surface area contributed by atoms with Crippen LogP contribution in [-0.2, 0) is 10.0 Å². The molecule has 2 aliphatic heterocycles. The fourth-order valence-corrected chi connectivity index (χ4v) is 8.10. The summed E-state index contributed by atoms with van der Waals surface area (Å²) in [4.78, 5) is 14.2. The molecule has 3 atom stereocenters. The number of hydrogen-bond acceptors (Lipinski definition) is 7. The Bertz CT molecular complexity index is 1800. The maximum atomic E-state index is 13.9. The lowest BCUT2D eigenvalue weighted by atomic mass is 9.87. The maximum absolute atomic E-state index is 13.9. The second kappa shape index (κ2) is 12.5. The van der Waals surface area contributed by atoms with Crippen molar-refractivity contribution in [3.05, 3.63) is 101 Å². The van der Waals surface area contributed by atoms with Crippen LogP contribution in [0.25, 0.3) is 10.8 Å². The van der Waals surface area contributed by atoms with Crippen molar-refractivity contribution in [1.82, 2.24) is 19.5 Å². The predicted molar refractivity (Wildman–Crippen MR) is 174 cm³/mol. The van der Waals surface area contributed by atoms with Crippen LogP contribution < -0.4 is 10.2 Å². The Labute approximate surface area is 263 Å². The highest BCUT2D eigenvalue weighted by atomic mass is 35.5. The SMILES string of the molecule is CC1C(CN2CCN(S(=O)(=O)c3cccc4c(N(C)C)cccc34)CC2)=NC(c2ccccn2)NC1c1ccc(F)cc1Cl. The quantitative estimate of drug-likeness (QED) is 0.288. The van der Waals surface area contributed by atoms with Crippen LogP contribution in [0.5, 0.6) is 0 Å². The van der Waals surface area contributed by atoms with E-state index in [1.807, 2.05) is 67.5 Å². The molecule has 11 heteroatoms. The van der Waals surface area contributed by atoms with Crippen LogP contribution >= 0.6 is 11.6 Å². The molecular weight excluding hydrogens is 599 g/mol. The van der Waals surface area contributed by atoms with Crippen molar-refractivity contribution in [1.29, 1.82) is 0 Å². The zero-order chi connectivity index (χ0) is 31.0. The van der Waals surface area contributed by atoms with Crippen LogP contribution in [-0.4, -0.2) is 75.1 Å². The Kier molecular flexibility index (Phi) is 8.72. The minimum absolute atomic E-state index is 0.0405. The largest absolute Gasteiger partial charge is 0.377 e. The summed E-state index contributed by atoms with van der Waals surface area (Å²) >= 11 is 6.52. The van der Waals surface area contributed by atoms with E-state index in [9.17, 15) is 12.8 Å². The topological polar surface area (TPSA) is 81.1 Å². The van der Waals surface area contributed by atoms with Gasteiger partial charge in [-0.3, -0.25) is 20.2 Å². The highest BCUT2D eigenvalue weighted by Gasteiger charge is 2.36. The molecule has 3 heterocycles. The summed E-state index contributed by atoms with van der Waals surface area (Å²) in [5.41, 5.74) is 3.53. The van der Waals surface area contributed by atoms with Gasteiger partial charge in [0.05, 0.1) is 10.6 Å². The van der Waals surface area contributed by atoms with Crippen LogP contribution in [0.1, 0.15) is 30.4 Å². The summed E-state index contributed by atoms with van der Waals surface area (Å²) in [6.45, 7) is 4.57. The van der Waals surface area contributed by atoms with E-state index in [0.717, 1.165) is 33.4 Å². The van der Waals surface area contributed by atoms with Gasteiger partial charge in [0.15, 0.2) is 0 Å². The standard InChI is InChI=1S/C33H36ClFN6O2S/c1-22-29(37-33(28-10-4-5-15-36-28)38-32(22)26-14-13-23(35)20-27(26)34)21-40-16-18-41(19-17-40)44(42,43)31-12-7-8-24-25(31)9-6-11-30(24)39(2)3/h4-15,20,22,32-33,38H,16-19,21H2,1-3H3. The van der Waals surface area contributed by atoms with E-state index in [1.54, 1.807) is 22.6 Å². The first kappa shape index (κ1) is 30.6. The fourth-order valence-electron chi connectivity index (χ4n) is 6.19. The number of aliphatic imine (C=N–C) groups is 1. The third-order valence-corrected chi connectivity index (χ3v) is 10.9. The van der Waals surface area contributed by atoms with Crippen molar-refractivity contribution >= 4 is 43.8 Å². The predicted octanol–water partition coefficient (Wildman–Crippen LogP) is 5.52. The monoisotopic (exact) mass is 634 g/mol. The average Bonchev–Trinajstić information content (AvgIpc) is 3.02. The van der Waals surface area contributed by atoms with Crippen molar-refractivity contribution in [3.63, 3.8) is 0 Å². The van der Waals surface area contributed by atoms with Gasteiger partial charge in [0.1, 0.15) is 12.0 Å². The van der Waals surface area contributed by atoms with E-state index in [0.29, 0.717) is 42.6 Å². The zero-order valence-corrected chi connectivity index (χ0v) is 26.6. The van der Waals surface area contributed by atoms with Crippen LogP contribution in [0.15, 0.2) is 88.9 Å². The first-order valence-electron chi connectivity index (χ1n) is 14.7. The first-order valence-corrected chi connectivity index (χ1v) is 16.6. The number of rotatable bonds is 7. The Morgan fingerprint density at radius 2 is 1.73 bits per heavy atom. The van der Waals surface area contributed by atoms with E-state index >= 15 is 0 Å². The van der Waals surface area contributed by atoms with Crippen molar-refractivity contribution in [2.75, 3.05) is 51.7 Å². The number of piperazine rings is 1. The van der Waals surface area contributed by atoms with Gasteiger partial charge in [0, 0.05) is 92.2 Å². The molecular formula is C33H36ClFN6O2S. The summed E-state index contributed by atoms with van der Waals surface area (Å²) in [5, 5.41) is 5.57. The van der Waals surface area contributed by atoms with Gasteiger partial charge >= 0.3 is 0 Å². The molecule has 3 unspecified atom stereocenters. The van der Waals surface area contributed by atoms with Crippen LogP contribution in [0.3, 0.4) is 0 Å². The normalized spacial score (nSPS) is 21.8. The molecule has 0 spiro atoms. The molecule has 0 bridgehead atoms. The number of anilines is 1. The van der Waals surface area contributed by atoms with Crippen molar-refractivity contribution in [2.45, 2.75) is 24.0 Å². The van der Waals surface area contributed by atoms with E-state index in [4.69, 9.17) is 16.6 Å². The number of sulfonamides is 1. The van der Waals surface area contributed by atoms with Gasteiger partial charge in [-0.2, -0.15) is 4.31 Å². The molecule has 3 aromatic carbocycles. The summed E-state index contributed by atoms with van der Waals surface area (Å²) < 4.78 is 43.3. The molecule has 2 aliphatic rings. The van der Waals surface area contributed by atoms with Crippen molar-refractivity contribution < 1.29 is 12.8 Å². The van der Waals surface area contributed by atoms with Gasteiger partial charge in [-0.25, -0.2) is 12.8 Å². The second-order valence-corrected chi connectivity index (χ2v) is 13.9. The summed E-state index contributed by atoms with van der Waals surface area (Å²) in [7, 11) is 0.210. The van der Waals surface area contributed by atoms with Gasteiger partial charge in [0.25, 0.3) is 0 Å². The van der Waals surface area contributed by atoms with Crippen molar-refractivity contribution in [3.8, 4) is 0 Å². The molecule has 0 aliphatic carbocycles. The van der Waals surface area contributed by atoms with Crippen molar-refractivity contribution in [2.24, 2.45) is 10.9 Å². The first-order chi connectivity index (χ1) is 21.1. The minimum atomic E-state index is -3.70. The Balaban J connectivity index is 1.22. The summed E-state index contributed by atoms with van der Waals surface area (Å²) in [6.07, 6.45) is 1.34. The molecule has 1 aromatic heterocycles. The molecule has 6 rings (SSSR count). The number of pyridine rings is 1. The fraction of sp³-hybridized carbons (Fsp3) is 0.333. The third kappa shape index (κ3) is 5.97. The highest BCUT2D eigenvalue weighted by molar-refractivity contribution is 7.89. The van der Waals surface area contributed by atoms with Gasteiger partial charge in [-0.15, -0.1) is 0 Å². The molecule has 1 fully saturated rings. The lowest BCUT2D eigenvalue weighted by molar-refractivity contribution is 0.205.